The second kappa shape index (κ2) is 10.9. The van der Waals surface area contributed by atoms with Crippen LogP contribution in [0.2, 0.25) is 0 Å². The zero-order valence-electron chi connectivity index (χ0n) is 19.9. The van der Waals surface area contributed by atoms with Crippen molar-refractivity contribution in [3.63, 3.8) is 0 Å². The second-order valence-corrected chi connectivity index (χ2v) is 7.91. The van der Waals surface area contributed by atoms with Gasteiger partial charge in [-0.1, -0.05) is 0 Å². The summed E-state index contributed by atoms with van der Waals surface area (Å²) in [5, 5.41) is 20.2. The fourth-order valence-corrected chi connectivity index (χ4v) is 3.30. The number of nitrogens with zero attached hydrogens (tertiary/aromatic N) is 3. The summed E-state index contributed by atoms with van der Waals surface area (Å²) in [7, 11) is 0. The second-order valence-electron chi connectivity index (χ2n) is 7.91. The maximum absolute atomic E-state index is 12.5. The molecule has 0 aliphatic heterocycles. The zero-order valence-corrected chi connectivity index (χ0v) is 19.9. The van der Waals surface area contributed by atoms with Crippen molar-refractivity contribution in [2.75, 3.05) is 10.6 Å². The Balaban J connectivity index is 1.36. The van der Waals surface area contributed by atoms with Crippen molar-refractivity contribution >= 4 is 29.1 Å². The van der Waals surface area contributed by atoms with Crippen molar-refractivity contribution in [3.8, 4) is 17.2 Å². The van der Waals surface area contributed by atoms with E-state index >= 15 is 0 Å². The van der Waals surface area contributed by atoms with Gasteiger partial charge >= 0.3 is 12.5 Å². The molecule has 0 unspecified atom stereocenters. The van der Waals surface area contributed by atoms with Gasteiger partial charge in [-0.3, -0.25) is 20.2 Å². The van der Waals surface area contributed by atoms with Gasteiger partial charge in [-0.25, -0.2) is 9.48 Å². The van der Waals surface area contributed by atoms with E-state index in [2.05, 4.69) is 20.5 Å². The van der Waals surface area contributed by atoms with Crippen LogP contribution in [0.3, 0.4) is 0 Å². The van der Waals surface area contributed by atoms with E-state index in [0.717, 1.165) is 12.1 Å². The Hall–Kier alpha value is -5.40. The summed E-state index contributed by atoms with van der Waals surface area (Å²) in [6.45, 7) is 1.66. The number of rotatable bonds is 7. The molecule has 0 saturated heterocycles. The van der Waals surface area contributed by atoms with E-state index in [4.69, 9.17) is 4.74 Å². The largest absolute Gasteiger partial charge is 0.573 e. The number of nitrogens with one attached hydrogen (secondary N) is 2. The van der Waals surface area contributed by atoms with Crippen LogP contribution in [0.15, 0.2) is 79.0 Å². The third kappa shape index (κ3) is 7.09. The molecule has 200 valence electrons. The predicted molar refractivity (Wildman–Crippen MR) is 132 cm³/mol. The lowest BCUT2D eigenvalue weighted by molar-refractivity contribution is -0.384. The highest BCUT2D eigenvalue weighted by molar-refractivity contribution is 6.04. The number of aryl methyl sites for hydroxylation is 1. The van der Waals surface area contributed by atoms with E-state index in [1.54, 1.807) is 37.4 Å². The van der Waals surface area contributed by atoms with E-state index in [-0.39, 0.29) is 17.0 Å². The molecule has 0 saturated carbocycles. The van der Waals surface area contributed by atoms with Crippen LogP contribution in [-0.4, -0.2) is 33.1 Å². The molecule has 14 heteroatoms. The average molecular weight is 541 g/mol. The maximum Gasteiger partial charge on any atom is 0.573 e. The standard InChI is InChI=1S/C25H18F3N5O6/c1-15-22(30-23(34)16-2-10-21(11-3-16)39-25(26,27)28)14-32(31-15)18-6-4-17(5-7-18)29-24(35)38-20-12-8-19(9-13-20)33(36)37/h2-14H,1H3,(H,29,35)(H,30,34). The topological polar surface area (TPSA) is 138 Å². The van der Waals surface area contributed by atoms with Crippen LogP contribution in [0.1, 0.15) is 16.1 Å². The van der Waals surface area contributed by atoms with Gasteiger partial charge in [0.1, 0.15) is 11.5 Å². The van der Waals surface area contributed by atoms with Crippen LogP contribution < -0.4 is 20.1 Å². The van der Waals surface area contributed by atoms with Crippen molar-refractivity contribution in [1.82, 2.24) is 9.78 Å². The number of aromatic nitrogens is 2. The number of anilines is 2. The number of hydrogen-bond donors (Lipinski definition) is 2. The highest BCUT2D eigenvalue weighted by Gasteiger charge is 2.31. The van der Waals surface area contributed by atoms with Crippen LogP contribution >= 0.6 is 0 Å². The summed E-state index contributed by atoms with van der Waals surface area (Å²) in [5.74, 6) is -0.871. The smallest absolute Gasteiger partial charge is 0.410 e. The Morgan fingerprint density at radius 3 is 2.13 bits per heavy atom. The van der Waals surface area contributed by atoms with E-state index in [9.17, 15) is 32.9 Å². The fraction of sp³-hybridized carbons (Fsp3) is 0.0800. The lowest BCUT2D eigenvalue weighted by atomic mass is 10.2. The molecule has 0 radical (unpaired) electrons. The van der Waals surface area contributed by atoms with Crippen LogP contribution in [-0.2, 0) is 0 Å². The lowest BCUT2D eigenvalue weighted by Gasteiger charge is -2.09. The molecule has 2 N–H and O–H groups in total. The van der Waals surface area contributed by atoms with Gasteiger partial charge in [0, 0.05) is 23.4 Å². The first kappa shape index (κ1) is 26.7. The minimum Gasteiger partial charge on any atom is -0.410 e. The molecule has 1 aromatic heterocycles. The third-order valence-electron chi connectivity index (χ3n) is 5.13. The molecular formula is C25H18F3N5O6. The number of ether oxygens (including phenoxy) is 2. The number of halogens is 3. The first-order valence-corrected chi connectivity index (χ1v) is 11.0. The molecule has 0 bridgehead atoms. The third-order valence-corrected chi connectivity index (χ3v) is 5.13. The highest BCUT2D eigenvalue weighted by atomic mass is 19.4. The molecule has 4 rings (SSSR count). The molecule has 4 aromatic rings. The normalized spacial score (nSPS) is 11.0. The molecule has 39 heavy (non-hydrogen) atoms. The van der Waals surface area contributed by atoms with Gasteiger partial charge in [0.15, 0.2) is 0 Å². The lowest BCUT2D eigenvalue weighted by Crippen LogP contribution is -2.17. The molecule has 0 aliphatic carbocycles. The van der Waals surface area contributed by atoms with Gasteiger partial charge in [0.2, 0.25) is 0 Å². The number of hydrogen-bond acceptors (Lipinski definition) is 7. The molecule has 2 amide bonds. The molecule has 3 aromatic carbocycles. The molecule has 0 atom stereocenters. The van der Waals surface area contributed by atoms with Gasteiger partial charge in [-0.15, -0.1) is 13.2 Å². The zero-order chi connectivity index (χ0) is 28.2. The first-order chi connectivity index (χ1) is 18.5. The summed E-state index contributed by atoms with van der Waals surface area (Å²) < 4.78 is 47.3. The summed E-state index contributed by atoms with van der Waals surface area (Å²) in [6.07, 6.45) is -4.07. The molecule has 0 aliphatic rings. The van der Waals surface area contributed by atoms with Gasteiger partial charge < -0.3 is 14.8 Å². The van der Waals surface area contributed by atoms with E-state index in [1.165, 1.54) is 41.1 Å². The van der Waals surface area contributed by atoms with Crippen molar-refractivity contribution in [1.29, 1.82) is 0 Å². The number of benzene rings is 3. The molecule has 0 spiro atoms. The van der Waals surface area contributed by atoms with Gasteiger partial charge in [0.05, 0.1) is 28.2 Å². The van der Waals surface area contributed by atoms with Crippen LogP contribution in [0.5, 0.6) is 11.5 Å². The minimum atomic E-state index is -4.83. The number of nitro groups is 1. The minimum absolute atomic E-state index is 0.118. The monoisotopic (exact) mass is 541 g/mol. The van der Waals surface area contributed by atoms with Crippen molar-refractivity contribution < 1.29 is 37.2 Å². The van der Waals surface area contributed by atoms with Gasteiger partial charge in [0.25, 0.3) is 11.6 Å². The average Bonchev–Trinajstić information content (AvgIpc) is 3.24. The van der Waals surface area contributed by atoms with E-state index in [0.29, 0.717) is 22.8 Å². The maximum atomic E-state index is 12.5. The van der Waals surface area contributed by atoms with E-state index in [1.807, 2.05) is 0 Å². The number of non-ortho nitro benzene ring substituents is 1. The van der Waals surface area contributed by atoms with Crippen LogP contribution in [0.25, 0.3) is 5.69 Å². The van der Waals surface area contributed by atoms with Crippen LogP contribution in [0, 0.1) is 17.0 Å². The number of carbonyl (C=O) groups is 2. The SMILES string of the molecule is Cc1nn(-c2ccc(NC(=O)Oc3ccc([N+](=O)[O-])cc3)cc2)cc1NC(=O)c1ccc(OC(F)(F)F)cc1. The van der Waals surface area contributed by atoms with Crippen molar-refractivity contribution in [3.05, 3.63) is 100 Å². The van der Waals surface area contributed by atoms with Gasteiger partial charge in [-0.2, -0.15) is 5.10 Å². The van der Waals surface area contributed by atoms with E-state index < -0.39 is 29.0 Å². The van der Waals surface area contributed by atoms with Crippen LogP contribution in [0.4, 0.5) is 35.0 Å². The predicted octanol–water partition coefficient (Wildman–Crippen LogP) is 5.85. The molecule has 0 fully saturated rings. The Kier molecular flexibility index (Phi) is 7.46. The highest BCUT2D eigenvalue weighted by Crippen LogP contribution is 2.24. The summed E-state index contributed by atoms with van der Waals surface area (Å²) >= 11 is 0. The number of carbonyl (C=O) groups excluding carboxylic acids is 2. The molecular weight excluding hydrogens is 523 g/mol. The Morgan fingerprint density at radius 2 is 1.54 bits per heavy atom. The number of amides is 2. The first-order valence-electron chi connectivity index (χ1n) is 11.0. The quantitative estimate of drug-likeness (QED) is 0.221. The Labute approximate surface area is 217 Å². The molecule has 11 nitrogen and oxygen atoms in total. The summed E-state index contributed by atoms with van der Waals surface area (Å²) in [4.78, 5) is 34.8. The number of nitro benzene ring substituents is 1. The van der Waals surface area contributed by atoms with Gasteiger partial charge in [-0.05, 0) is 67.6 Å². The fourth-order valence-electron chi connectivity index (χ4n) is 3.30. The Bertz CT molecular complexity index is 1500. The molecule has 1 heterocycles. The Morgan fingerprint density at radius 1 is 0.923 bits per heavy atom. The summed E-state index contributed by atoms with van der Waals surface area (Å²) in [6, 6.07) is 16.0. The van der Waals surface area contributed by atoms with Crippen molar-refractivity contribution in [2.45, 2.75) is 13.3 Å². The van der Waals surface area contributed by atoms with Crippen molar-refractivity contribution in [2.24, 2.45) is 0 Å². The summed E-state index contributed by atoms with van der Waals surface area (Å²) in [5.41, 5.74) is 1.84. The number of alkyl halides is 3.